The molecule has 1 aromatic heterocycles. The Morgan fingerprint density at radius 2 is 1.82 bits per heavy atom. The van der Waals surface area contributed by atoms with E-state index in [1.54, 1.807) is 30.5 Å². The topological polar surface area (TPSA) is 85.7 Å². The van der Waals surface area contributed by atoms with Crippen LogP contribution in [0.3, 0.4) is 0 Å². The van der Waals surface area contributed by atoms with Crippen molar-refractivity contribution >= 4 is 29.6 Å². The summed E-state index contributed by atoms with van der Waals surface area (Å²) >= 11 is 5.68. The Labute approximate surface area is 167 Å². The van der Waals surface area contributed by atoms with Crippen LogP contribution >= 0.6 is 11.6 Å². The van der Waals surface area contributed by atoms with Crippen molar-refractivity contribution in [2.45, 2.75) is 6.61 Å². The van der Waals surface area contributed by atoms with Crippen molar-refractivity contribution < 1.29 is 14.3 Å². The first-order valence-corrected chi connectivity index (χ1v) is 8.70. The molecule has 0 aliphatic rings. The van der Waals surface area contributed by atoms with Gasteiger partial charge in [0.1, 0.15) is 12.4 Å². The van der Waals surface area contributed by atoms with E-state index < -0.39 is 0 Å². The second-order valence-electron chi connectivity index (χ2n) is 5.66. The van der Waals surface area contributed by atoms with Gasteiger partial charge in [-0.15, -0.1) is 10.2 Å². The van der Waals surface area contributed by atoms with Gasteiger partial charge in [-0.05, 0) is 59.7 Å². The van der Waals surface area contributed by atoms with Gasteiger partial charge in [0.05, 0.1) is 18.9 Å². The number of halogens is 1. The summed E-state index contributed by atoms with van der Waals surface area (Å²) in [6.07, 6.45) is 1.66. The van der Waals surface area contributed by atoms with E-state index in [0.29, 0.717) is 23.1 Å². The molecule has 0 aliphatic heterocycles. The first-order chi connectivity index (χ1) is 13.6. The molecular weight excluding hydrogens is 380 g/mol. The molecular formula is C20H17ClN4O3. The maximum atomic E-state index is 11.4. The molecule has 0 saturated carbocycles. The summed E-state index contributed by atoms with van der Waals surface area (Å²) in [5.74, 6) is 0.867. The van der Waals surface area contributed by atoms with Gasteiger partial charge in [0.15, 0.2) is 11.0 Å². The molecule has 0 saturated heterocycles. The number of carbonyl (C=O) groups is 1. The maximum absolute atomic E-state index is 11.4. The van der Waals surface area contributed by atoms with Crippen LogP contribution in [0.4, 0.5) is 5.82 Å². The maximum Gasteiger partial charge on any atom is 0.337 e. The van der Waals surface area contributed by atoms with Gasteiger partial charge in [0, 0.05) is 0 Å². The molecule has 28 heavy (non-hydrogen) atoms. The normalized spacial score (nSPS) is 10.6. The summed E-state index contributed by atoms with van der Waals surface area (Å²) in [4.78, 5) is 11.4. The molecule has 0 amide bonds. The van der Waals surface area contributed by atoms with Crippen LogP contribution in [0.1, 0.15) is 21.5 Å². The number of anilines is 1. The summed E-state index contributed by atoms with van der Waals surface area (Å²) in [6, 6.07) is 17.9. The SMILES string of the molecule is COC(=O)c1ccc(COc2ccc(/C=N/Nc3ccc(Cl)nn3)cc2)cc1. The van der Waals surface area contributed by atoms with Crippen LogP contribution in [0.25, 0.3) is 0 Å². The van der Waals surface area contributed by atoms with E-state index in [0.717, 1.165) is 16.9 Å². The molecule has 0 atom stereocenters. The van der Waals surface area contributed by atoms with Gasteiger partial charge < -0.3 is 9.47 Å². The quantitative estimate of drug-likeness (QED) is 0.370. The van der Waals surface area contributed by atoms with Crippen LogP contribution < -0.4 is 10.2 Å². The van der Waals surface area contributed by atoms with Gasteiger partial charge in [-0.1, -0.05) is 23.7 Å². The van der Waals surface area contributed by atoms with E-state index >= 15 is 0 Å². The number of carbonyl (C=O) groups excluding carboxylic acids is 1. The van der Waals surface area contributed by atoms with E-state index in [-0.39, 0.29) is 5.97 Å². The van der Waals surface area contributed by atoms with Gasteiger partial charge in [-0.25, -0.2) is 4.79 Å². The molecule has 1 heterocycles. The molecule has 142 valence electrons. The van der Waals surface area contributed by atoms with Crippen molar-refractivity contribution in [1.29, 1.82) is 0 Å². The molecule has 1 N–H and O–H groups in total. The first-order valence-electron chi connectivity index (χ1n) is 8.32. The van der Waals surface area contributed by atoms with Crippen molar-refractivity contribution in [1.82, 2.24) is 10.2 Å². The summed E-state index contributed by atoms with van der Waals surface area (Å²) in [5.41, 5.74) is 5.12. The minimum Gasteiger partial charge on any atom is -0.489 e. The first kappa shape index (κ1) is 19.3. The number of nitrogens with zero attached hydrogens (tertiary/aromatic N) is 3. The third kappa shape index (κ3) is 5.52. The lowest BCUT2D eigenvalue weighted by atomic mass is 10.1. The molecule has 0 spiro atoms. The van der Waals surface area contributed by atoms with Gasteiger partial charge in [0.25, 0.3) is 0 Å². The fraction of sp³-hybridized carbons (Fsp3) is 0.100. The monoisotopic (exact) mass is 396 g/mol. The Bertz CT molecular complexity index is 943. The average Bonchev–Trinajstić information content (AvgIpc) is 2.74. The van der Waals surface area contributed by atoms with E-state index in [1.807, 2.05) is 36.4 Å². The summed E-state index contributed by atoms with van der Waals surface area (Å²) in [7, 11) is 1.36. The number of hydrogen-bond donors (Lipinski definition) is 1. The Morgan fingerprint density at radius 3 is 2.46 bits per heavy atom. The summed E-state index contributed by atoms with van der Waals surface area (Å²) in [6.45, 7) is 0.395. The predicted molar refractivity (Wildman–Crippen MR) is 107 cm³/mol. The van der Waals surface area contributed by atoms with Gasteiger partial charge in [-0.3, -0.25) is 5.43 Å². The zero-order valence-corrected chi connectivity index (χ0v) is 15.8. The second-order valence-corrected chi connectivity index (χ2v) is 6.04. The fourth-order valence-corrected chi connectivity index (χ4v) is 2.32. The average molecular weight is 397 g/mol. The zero-order chi connectivity index (χ0) is 19.8. The number of methoxy groups -OCH3 is 1. The standard InChI is InChI=1S/C20H17ClN4O3/c1-27-20(26)16-6-2-15(3-7-16)13-28-17-8-4-14(5-9-17)12-22-24-19-11-10-18(21)23-25-19/h2-12H,13H2,1H3,(H,24,25)/b22-12+. The largest absolute Gasteiger partial charge is 0.489 e. The Balaban J connectivity index is 1.50. The highest BCUT2D eigenvalue weighted by Crippen LogP contribution is 2.14. The van der Waals surface area contributed by atoms with Crippen molar-refractivity contribution in [3.63, 3.8) is 0 Å². The minimum absolute atomic E-state index is 0.324. The van der Waals surface area contributed by atoms with Crippen LogP contribution in [-0.4, -0.2) is 29.5 Å². The molecule has 7 nitrogen and oxygen atoms in total. The van der Waals surface area contributed by atoms with E-state index in [1.165, 1.54) is 7.11 Å². The third-order valence-electron chi connectivity index (χ3n) is 3.69. The van der Waals surface area contributed by atoms with Crippen molar-refractivity contribution in [2.24, 2.45) is 5.10 Å². The van der Waals surface area contributed by atoms with E-state index in [2.05, 4.69) is 25.5 Å². The van der Waals surface area contributed by atoms with Gasteiger partial charge in [0.2, 0.25) is 0 Å². The summed E-state index contributed by atoms with van der Waals surface area (Å²) < 4.78 is 10.4. The number of nitrogens with one attached hydrogen (secondary N) is 1. The van der Waals surface area contributed by atoms with Crippen LogP contribution in [0.15, 0.2) is 65.8 Å². The molecule has 3 rings (SSSR count). The molecule has 0 bridgehead atoms. The second kappa shape index (κ2) is 9.48. The van der Waals surface area contributed by atoms with Crippen LogP contribution in [-0.2, 0) is 11.3 Å². The van der Waals surface area contributed by atoms with Crippen LogP contribution in [0.5, 0.6) is 5.75 Å². The van der Waals surface area contributed by atoms with Crippen molar-refractivity contribution in [3.8, 4) is 5.75 Å². The van der Waals surface area contributed by atoms with Crippen molar-refractivity contribution in [2.75, 3.05) is 12.5 Å². The Kier molecular flexibility index (Phi) is 6.54. The Hall–Kier alpha value is -3.45. The smallest absolute Gasteiger partial charge is 0.337 e. The zero-order valence-electron chi connectivity index (χ0n) is 15.0. The van der Waals surface area contributed by atoms with Gasteiger partial charge >= 0.3 is 5.97 Å². The van der Waals surface area contributed by atoms with Gasteiger partial charge in [-0.2, -0.15) is 5.10 Å². The highest BCUT2D eigenvalue weighted by atomic mass is 35.5. The Morgan fingerprint density at radius 1 is 1.07 bits per heavy atom. The van der Waals surface area contributed by atoms with Crippen molar-refractivity contribution in [3.05, 3.63) is 82.5 Å². The number of aromatic nitrogens is 2. The predicted octanol–water partition coefficient (Wildman–Crippen LogP) is 3.94. The number of hydrazone groups is 1. The number of benzene rings is 2. The molecule has 0 unspecified atom stereocenters. The fourth-order valence-electron chi connectivity index (χ4n) is 2.22. The highest BCUT2D eigenvalue weighted by molar-refractivity contribution is 6.29. The number of hydrogen-bond acceptors (Lipinski definition) is 7. The van der Waals surface area contributed by atoms with Crippen LogP contribution in [0.2, 0.25) is 5.15 Å². The molecule has 8 heteroatoms. The lowest BCUT2D eigenvalue weighted by Gasteiger charge is -2.07. The lowest BCUT2D eigenvalue weighted by molar-refractivity contribution is 0.0600. The number of rotatable bonds is 7. The molecule has 0 fully saturated rings. The molecule has 3 aromatic rings. The summed E-state index contributed by atoms with van der Waals surface area (Å²) in [5, 5.41) is 12.0. The number of esters is 1. The lowest BCUT2D eigenvalue weighted by Crippen LogP contribution is -2.02. The molecule has 0 radical (unpaired) electrons. The highest BCUT2D eigenvalue weighted by Gasteiger charge is 2.04. The molecule has 0 aliphatic carbocycles. The molecule has 2 aromatic carbocycles. The number of ether oxygens (including phenoxy) is 2. The van der Waals surface area contributed by atoms with E-state index in [9.17, 15) is 4.79 Å². The third-order valence-corrected chi connectivity index (χ3v) is 3.89. The minimum atomic E-state index is -0.359. The van der Waals surface area contributed by atoms with Crippen LogP contribution in [0, 0.1) is 0 Å². The van der Waals surface area contributed by atoms with E-state index in [4.69, 9.17) is 16.3 Å².